The Hall–Kier alpha value is -1.88. The Balaban J connectivity index is 1.42. The number of hydrogen-bond donors (Lipinski definition) is 2. The molecule has 1 fully saturated rings. The summed E-state index contributed by atoms with van der Waals surface area (Å²) in [5.41, 5.74) is 1.30. The van der Waals surface area contributed by atoms with Crippen LogP contribution in [0.5, 0.6) is 0 Å². The maximum absolute atomic E-state index is 5.50. The highest BCUT2D eigenvalue weighted by atomic mass is 16.4. The molecule has 0 bridgehead atoms. The molecule has 19 heavy (non-hydrogen) atoms. The van der Waals surface area contributed by atoms with Crippen molar-refractivity contribution in [3.05, 3.63) is 41.8 Å². The second kappa shape index (κ2) is 5.84. The molecule has 0 unspecified atom stereocenters. The van der Waals surface area contributed by atoms with E-state index in [2.05, 4.69) is 33.0 Å². The number of anilines is 1. The molecular weight excluding hydrogens is 240 g/mol. The molecule has 1 aliphatic carbocycles. The normalized spacial score (nSPS) is 14.5. The Labute approximate surface area is 112 Å². The van der Waals surface area contributed by atoms with Crippen LogP contribution in [0, 0.1) is 0 Å². The fraction of sp³-hybridized carbons (Fsp3) is 0.429. The summed E-state index contributed by atoms with van der Waals surface area (Å²) in [6.45, 7) is 1.46. The summed E-state index contributed by atoms with van der Waals surface area (Å²) < 4.78 is 5.50. The van der Waals surface area contributed by atoms with Crippen molar-refractivity contribution >= 4 is 6.01 Å². The molecule has 1 aliphatic rings. The maximum Gasteiger partial charge on any atom is 0.315 e. The van der Waals surface area contributed by atoms with Gasteiger partial charge in [0.15, 0.2) is 0 Å². The van der Waals surface area contributed by atoms with Crippen LogP contribution in [0.2, 0.25) is 0 Å². The van der Waals surface area contributed by atoms with E-state index in [4.69, 9.17) is 4.42 Å². The summed E-state index contributed by atoms with van der Waals surface area (Å²) in [5.74, 6) is 0.647. The Morgan fingerprint density at radius 2 is 2.00 bits per heavy atom. The summed E-state index contributed by atoms with van der Waals surface area (Å²) in [4.78, 5) is 0. The lowest BCUT2D eigenvalue weighted by molar-refractivity contribution is 0.476. The van der Waals surface area contributed by atoms with E-state index in [0.717, 1.165) is 13.0 Å². The minimum absolute atomic E-state index is 0.503. The average molecular weight is 258 g/mol. The van der Waals surface area contributed by atoms with Gasteiger partial charge in [0.2, 0.25) is 5.89 Å². The number of benzene rings is 1. The Morgan fingerprint density at radius 3 is 2.79 bits per heavy atom. The highest BCUT2D eigenvalue weighted by Crippen LogP contribution is 2.19. The van der Waals surface area contributed by atoms with Gasteiger partial charge in [0.1, 0.15) is 0 Å². The van der Waals surface area contributed by atoms with Gasteiger partial charge in [0.25, 0.3) is 0 Å². The zero-order valence-corrected chi connectivity index (χ0v) is 10.8. The van der Waals surface area contributed by atoms with E-state index in [1.165, 1.54) is 18.4 Å². The van der Waals surface area contributed by atoms with Crippen molar-refractivity contribution < 1.29 is 4.42 Å². The largest absolute Gasteiger partial charge is 0.407 e. The molecule has 0 atom stereocenters. The predicted octanol–water partition coefficient (Wildman–Crippen LogP) is 1.98. The minimum Gasteiger partial charge on any atom is -0.407 e. The van der Waals surface area contributed by atoms with Crippen molar-refractivity contribution in [3.63, 3.8) is 0 Å². The predicted molar refractivity (Wildman–Crippen MR) is 72.8 cm³/mol. The first-order valence-electron chi connectivity index (χ1n) is 6.74. The van der Waals surface area contributed by atoms with Gasteiger partial charge in [0, 0.05) is 12.6 Å². The lowest BCUT2D eigenvalue weighted by Gasteiger charge is -2.01. The van der Waals surface area contributed by atoms with Gasteiger partial charge in [-0.15, -0.1) is 5.10 Å². The summed E-state index contributed by atoms with van der Waals surface area (Å²) in [5, 5.41) is 14.5. The zero-order valence-electron chi connectivity index (χ0n) is 10.8. The second-order valence-electron chi connectivity index (χ2n) is 4.82. The van der Waals surface area contributed by atoms with E-state index in [1.54, 1.807) is 0 Å². The molecule has 5 nitrogen and oxygen atoms in total. The third-order valence-corrected chi connectivity index (χ3v) is 3.12. The number of aromatic nitrogens is 2. The quantitative estimate of drug-likeness (QED) is 0.795. The molecular formula is C14H18N4O. The molecule has 0 spiro atoms. The van der Waals surface area contributed by atoms with E-state index in [0.29, 0.717) is 24.5 Å². The van der Waals surface area contributed by atoms with Crippen LogP contribution in [-0.4, -0.2) is 22.8 Å². The molecule has 0 saturated heterocycles. The third kappa shape index (κ3) is 3.79. The van der Waals surface area contributed by atoms with Gasteiger partial charge < -0.3 is 15.1 Å². The first-order chi connectivity index (χ1) is 9.40. The van der Waals surface area contributed by atoms with E-state index >= 15 is 0 Å². The maximum atomic E-state index is 5.50. The Kier molecular flexibility index (Phi) is 3.74. The van der Waals surface area contributed by atoms with Gasteiger partial charge in [-0.3, -0.25) is 0 Å². The standard InChI is InChI=1S/C14H18N4O/c1-2-4-11(5-3-1)8-9-15-14-18-17-13(19-14)10-16-12-6-7-12/h1-5,12,16H,6-10H2,(H,15,18). The van der Waals surface area contributed by atoms with Crippen molar-refractivity contribution in [2.24, 2.45) is 0 Å². The first-order valence-corrected chi connectivity index (χ1v) is 6.74. The van der Waals surface area contributed by atoms with Crippen LogP contribution < -0.4 is 10.6 Å². The van der Waals surface area contributed by atoms with Gasteiger partial charge in [0.05, 0.1) is 6.54 Å². The first kappa shape index (κ1) is 12.2. The van der Waals surface area contributed by atoms with Crippen LogP contribution in [0.4, 0.5) is 6.01 Å². The molecule has 0 amide bonds. The zero-order chi connectivity index (χ0) is 12.9. The smallest absolute Gasteiger partial charge is 0.315 e. The molecule has 0 radical (unpaired) electrons. The summed E-state index contributed by atoms with van der Waals surface area (Å²) >= 11 is 0. The topological polar surface area (TPSA) is 63.0 Å². The van der Waals surface area contributed by atoms with Crippen LogP contribution in [0.25, 0.3) is 0 Å². The van der Waals surface area contributed by atoms with E-state index < -0.39 is 0 Å². The van der Waals surface area contributed by atoms with Crippen LogP contribution in [-0.2, 0) is 13.0 Å². The molecule has 5 heteroatoms. The monoisotopic (exact) mass is 258 g/mol. The summed E-state index contributed by atoms with van der Waals surface area (Å²) in [6.07, 6.45) is 3.46. The second-order valence-corrected chi connectivity index (χ2v) is 4.82. The van der Waals surface area contributed by atoms with Crippen molar-refractivity contribution in [1.29, 1.82) is 0 Å². The molecule has 1 aromatic heterocycles. The number of nitrogens with zero attached hydrogens (tertiary/aromatic N) is 2. The molecule has 2 N–H and O–H groups in total. The lowest BCUT2D eigenvalue weighted by atomic mass is 10.1. The van der Waals surface area contributed by atoms with Crippen LogP contribution in [0.15, 0.2) is 34.7 Å². The number of nitrogens with one attached hydrogen (secondary N) is 2. The molecule has 1 heterocycles. The van der Waals surface area contributed by atoms with Gasteiger partial charge in [-0.05, 0) is 24.8 Å². The van der Waals surface area contributed by atoms with Crippen molar-refractivity contribution in [3.8, 4) is 0 Å². The van der Waals surface area contributed by atoms with Crippen LogP contribution >= 0.6 is 0 Å². The van der Waals surface area contributed by atoms with E-state index in [-0.39, 0.29) is 0 Å². The van der Waals surface area contributed by atoms with Gasteiger partial charge in [-0.1, -0.05) is 35.4 Å². The van der Waals surface area contributed by atoms with Crippen molar-refractivity contribution in [1.82, 2.24) is 15.5 Å². The SMILES string of the molecule is c1ccc(CCNc2nnc(CNC3CC3)o2)cc1. The van der Waals surface area contributed by atoms with Crippen LogP contribution in [0.1, 0.15) is 24.3 Å². The third-order valence-electron chi connectivity index (χ3n) is 3.12. The van der Waals surface area contributed by atoms with Gasteiger partial charge >= 0.3 is 6.01 Å². The molecule has 0 aliphatic heterocycles. The fourth-order valence-electron chi connectivity index (χ4n) is 1.87. The molecule has 1 saturated carbocycles. The minimum atomic E-state index is 0.503. The lowest BCUT2D eigenvalue weighted by Crippen LogP contribution is -2.15. The molecule has 2 aromatic rings. The van der Waals surface area contributed by atoms with Crippen molar-refractivity contribution in [2.45, 2.75) is 31.8 Å². The Morgan fingerprint density at radius 1 is 1.16 bits per heavy atom. The van der Waals surface area contributed by atoms with Gasteiger partial charge in [-0.25, -0.2) is 0 Å². The van der Waals surface area contributed by atoms with Crippen molar-refractivity contribution in [2.75, 3.05) is 11.9 Å². The fourth-order valence-corrected chi connectivity index (χ4v) is 1.87. The van der Waals surface area contributed by atoms with E-state index in [1.807, 2.05) is 18.2 Å². The summed E-state index contributed by atoms with van der Waals surface area (Å²) in [7, 11) is 0. The Bertz CT molecular complexity index is 507. The highest BCUT2D eigenvalue weighted by Gasteiger charge is 2.21. The number of rotatable bonds is 7. The van der Waals surface area contributed by atoms with Gasteiger partial charge in [-0.2, -0.15) is 0 Å². The van der Waals surface area contributed by atoms with E-state index in [9.17, 15) is 0 Å². The molecule has 1 aromatic carbocycles. The van der Waals surface area contributed by atoms with Crippen LogP contribution in [0.3, 0.4) is 0 Å². The molecule has 100 valence electrons. The highest BCUT2D eigenvalue weighted by molar-refractivity contribution is 5.20. The number of hydrogen-bond acceptors (Lipinski definition) is 5. The molecule has 3 rings (SSSR count). The average Bonchev–Trinajstić information content (AvgIpc) is 3.17. The summed E-state index contributed by atoms with van der Waals surface area (Å²) in [6, 6.07) is 11.5.